The van der Waals surface area contributed by atoms with Crippen molar-refractivity contribution in [1.82, 2.24) is 9.80 Å². The van der Waals surface area contributed by atoms with Gasteiger partial charge in [0.2, 0.25) is 11.8 Å². The molecule has 3 heterocycles. The van der Waals surface area contributed by atoms with E-state index in [0.29, 0.717) is 31.7 Å². The van der Waals surface area contributed by atoms with E-state index in [0.717, 1.165) is 6.42 Å². The third kappa shape index (κ3) is 1.73. The zero-order valence-corrected chi connectivity index (χ0v) is 11.3. The highest BCUT2D eigenvalue weighted by atomic mass is 32.2. The fourth-order valence-corrected chi connectivity index (χ4v) is 4.58. The number of β-amino-alcohol motifs (C(OH)–C–C–N with tert-alkyl or cyclic N) is 1. The van der Waals surface area contributed by atoms with Gasteiger partial charge in [-0.3, -0.25) is 9.59 Å². The molecule has 2 amide bonds. The first-order chi connectivity index (χ1) is 8.51. The number of likely N-dealkylation sites (tertiary alicyclic amines) is 1. The third-order valence-electron chi connectivity index (χ3n) is 4.20. The molecular formula is C12H18N2O3S. The molecule has 0 aromatic heterocycles. The normalized spacial score (nSPS) is 39.6. The van der Waals surface area contributed by atoms with E-state index in [9.17, 15) is 14.7 Å². The number of thioether (sulfide) groups is 1. The summed E-state index contributed by atoms with van der Waals surface area (Å²) in [4.78, 5) is 27.7. The SMILES string of the molecule is CC12CCC(=O)N1C(C(=O)N1CCC(O)C1)CS2. The molecule has 0 aromatic carbocycles. The Morgan fingerprint density at radius 1 is 1.56 bits per heavy atom. The molecule has 3 aliphatic heterocycles. The van der Waals surface area contributed by atoms with Crippen molar-refractivity contribution < 1.29 is 14.7 Å². The van der Waals surface area contributed by atoms with E-state index in [4.69, 9.17) is 0 Å². The molecular weight excluding hydrogens is 252 g/mol. The summed E-state index contributed by atoms with van der Waals surface area (Å²) >= 11 is 1.71. The van der Waals surface area contributed by atoms with Crippen molar-refractivity contribution in [2.45, 2.75) is 43.2 Å². The van der Waals surface area contributed by atoms with Crippen LogP contribution in [-0.4, -0.2) is 62.6 Å². The largest absolute Gasteiger partial charge is 0.391 e. The van der Waals surface area contributed by atoms with Crippen molar-refractivity contribution >= 4 is 23.6 Å². The molecule has 3 rings (SSSR count). The van der Waals surface area contributed by atoms with Gasteiger partial charge in [-0.25, -0.2) is 0 Å². The summed E-state index contributed by atoms with van der Waals surface area (Å²) in [6.45, 7) is 3.08. The van der Waals surface area contributed by atoms with E-state index in [1.807, 2.05) is 0 Å². The van der Waals surface area contributed by atoms with Gasteiger partial charge < -0.3 is 14.9 Å². The molecule has 3 unspecified atom stereocenters. The van der Waals surface area contributed by atoms with Crippen LogP contribution in [0.2, 0.25) is 0 Å². The van der Waals surface area contributed by atoms with E-state index < -0.39 is 6.10 Å². The highest BCUT2D eigenvalue weighted by Crippen LogP contribution is 2.47. The quantitative estimate of drug-likeness (QED) is 0.730. The Hall–Kier alpha value is -0.750. The number of amides is 2. The number of hydrogen-bond acceptors (Lipinski definition) is 4. The monoisotopic (exact) mass is 270 g/mol. The average molecular weight is 270 g/mol. The smallest absolute Gasteiger partial charge is 0.246 e. The molecule has 0 aliphatic carbocycles. The van der Waals surface area contributed by atoms with E-state index in [1.54, 1.807) is 21.6 Å². The van der Waals surface area contributed by atoms with E-state index in [1.165, 1.54) is 0 Å². The van der Waals surface area contributed by atoms with E-state index in [2.05, 4.69) is 6.92 Å². The van der Waals surface area contributed by atoms with Gasteiger partial charge >= 0.3 is 0 Å². The van der Waals surface area contributed by atoms with Gasteiger partial charge in [-0.1, -0.05) is 0 Å². The lowest BCUT2D eigenvalue weighted by atomic mass is 10.2. The summed E-state index contributed by atoms with van der Waals surface area (Å²) in [5.74, 6) is 0.798. The maximum atomic E-state index is 12.4. The number of hydrogen-bond donors (Lipinski definition) is 1. The molecule has 3 saturated heterocycles. The summed E-state index contributed by atoms with van der Waals surface area (Å²) in [6.07, 6.45) is 1.64. The highest BCUT2D eigenvalue weighted by molar-refractivity contribution is 8.01. The Labute approximate surface area is 110 Å². The molecule has 3 fully saturated rings. The number of aliphatic hydroxyl groups is 1. The molecule has 0 saturated carbocycles. The lowest BCUT2D eigenvalue weighted by Crippen LogP contribution is -2.51. The lowest BCUT2D eigenvalue weighted by molar-refractivity contribution is -0.143. The summed E-state index contributed by atoms with van der Waals surface area (Å²) < 4.78 is 0. The molecule has 18 heavy (non-hydrogen) atoms. The van der Waals surface area contributed by atoms with Gasteiger partial charge in [0.1, 0.15) is 6.04 Å². The number of fused-ring (bicyclic) bond motifs is 1. The van der Waals surface area contributed by atoms with E-state index >= 15 is 0 Å². The molecule has 0 aromatic rings. The van der Waals surface area contributed by atoms with Gasteiger partial charge in [0.15, 0.2) is 0 Å². The molecule has 0 spiro atoms. The van der Waals surface area contributed by atoms with Gasteiger partial charge in [0, 0.05) is 25.3 Å². The predicted molar refractivity (Wildman–Crippen MR) is 67.9 cm³/mol. The fraction of sp³-hybridized carbons (Fsp3) is 0.833. The summed E-state index contributed by atoms with van der Waals surface area (Å²) in [7, 11) is 0. The minimum Gasteiger partial charge on any atom is -0.391 e. The molecule has 3 aliphatic rings. The topological polar surface area (TPSA) is 60.9 Å². The van der Waals surface area contributed by atoms with Crippen LogP contribution in [0.3, 0.4) is 0 Å². The minimum atomic E-state index is -0.399. The summed E-state index contributed by atoms with van der Waals surface area (Å²) in [5.41, 5.74) is 0. The molecule has 100 valence electrons. The van der Waals surface area contributed by atoms with Crippen LogP contribution in [0.25, 0.3) is 0 Å². The second-order valence-corrected chi connectivity index (χ2v) is 6.99. The second-order valence-electron chi connectivity index (χ2n) is 5.49. The van der Waals surface area contributed by atoms with E-state index in [-0.39, 0.29) is 22.7 Å². The Bertz CT molecular complexity index is 403. The zero-order valence-electron chi connectivity index (χ0n) is 10.5. The van der Waals surface area contributed by atoms with Crippen LogP contribution in [0.1, 0.15) is 26.2 Å². The molecule has 5 nitrogen and oxygen atoms in total. The maximum absolute atomic E-state index is 12.4. The Morgan fingerprint density at radius 3 is 3.00 bits per heavy atom. The summed E-state index contributed by atoms with van der Waals surface area (Å²) in [6, 6.07) is -0.319. The van der Waals surface area contributed by atoms with Crippen molar-refractivity contribution in [3.05, 3.63) is 0 Å². The van der Waals surface area contributed by atoms with Crippen LogP contribution in [0.4, 0.5) is 0 Å². The molecule has 0 bridgehead atoms. The molecule has 0 radical (unpaired) electrons. The fourth-order valence-electron chi connectivity index (χ4n) is 3.16. The summed E-state index contributed by atoms with van der Waals surface area (Å²) in [5, 5.41) is 9.50. The van der Waals surface area contributed by atoms with Gasteiger partial charge in [-0.05, 0) is 19.8 Å². The average Bonchev–Trinajstić information content (AvgIpc) is 2.96. The first-order valence-corrected chi connectivity index (χ1v) is 7.43. The molecule has 1 N–H and O–H groups in total. The van der Waals surface area contributed by atoms with Crippen molar-refractivity contribution in [1.29, 1.82) is 0 Å². The number of aliphatic hydroxyl groups excluding tert-OH is 1. The van der Waals surface area contributed by atoms with Gasteiger partial charge in [0.05, 0.1) is 11.0 Å². The number of carbonyl (C=O) groups excluding carboxylic acids is 2. The number of rotatable bonds is 1. The first kappa shape index (κ1) is 12.3. The van der Waals surface area contributed by atoms with Crippen molar-refractivity contribution in [3.63, 3.8) is 0 Å². The Morgan fingerprint density at radius 2 is 2.33 bits per heavy atom. The van der Waals surface area contributed by atoms with Crippen molar-refractivity contribution in [2.24, 2.45) is 0 Å². The van der Waals surface area contributed by atoms with Gasteiger partial charge in [0.25, 0.3) is 0 Å². The second kappa shape index (κ2) is 4.13. The minimum absolute atomic E-state index is 0.0121. The molecule has 3 atom stereocenters. The Balaban J connectivity index is 1.77. The van der Waals surface area contributed by atoms with Crippen LogP contribution in [-0.2, 0) is 9.59 Å². The third-order valence-corrected chi connectivity index (χ3v) is 5.71. The number of carbonyl (C=O) groups is 2. The number of nitrogens with zero attached hydrogens (tertiary/aromatic N) is 2. The van der Waals surface area contributed by atoms with Crippen LogP contribution in [0, 0.1) is 0 Å². The standard InChI is InChI=1S/C12H18N2O3S/c1-12-4-2-10(16)14(12)9(7-18-12)11(17)13-5-3-8(15)6-13/h8-9,15H,2-7H2,1H3. The van der Waals surface area contributed by atoms with Crippen LogP contribution >= 0.6 is 11.8 Å². The van der Waals surface area contributed by atoms with Gasteiger partial charge in [-0.15, -0.1) is 11.8 Å². The maximum Gasteiger partial charge on any atom is 0.246 e. The first-order valence-electron chi connectivity index (χ1n) is 6.44. The van der Waals surface area contributed by atoms with Crippen LogP contribution < -0.4 is 0 Å². The van der Waals surface area contributed by atoms with Crippen molar-refractivity contribution in [2.75, 3.05) is 18.8 Å². The zero-order chi connectivity index (χ0) is 12.9. The Kier molecular flexibility index (Phi) is 2.82. The highest BCUT2D eigenvalue weighted by Gasteiger charge is 2.53. The lowest BCUT2D eigenvalue weighted by Gasteiger charge is -2.31. The van der Waals surface area contributed by atoms with Crippen LogP contribution in [0.15, 0.2) is 0 Å². The van der Waals surface area contributed by atoms with Crippen LogP contribution in [0.5, 0.6) is 0 Å². The predicted octanol–water partition coefficient (Wildman–Crippen LogP) is 0.0336. The van der Waals surface area contributed by atoms with Crippen molar-refractivity contribution in [3.8, 4) is 0 Å². The van der Waals surface area contributed by atoms with Gasteiger partial charge in [-0.2, -0.15) is 0 Å². The molecule has 6 heteroatoms.